The minimum atomic E-state index is -0.213. The summed E-state index contributed by atoms with van der Waals surface area (Å²) in [6.07, 6.45) is 4.00. The third-order valence-electron chi connectivity index (χ3n) is 2.92. The normalized spacial score (nSPS) is 14.0. The summed E-state index contributed by atoms with van der Waals surface area (Å²) in [5, 5.41) is 6.76. The van der Waals surface area contributed by atoms with E-state index in [1.54, 1.807) is 6.20 Å². The van der Waals surface area contributed by atoms with Crippen molar-refractivity contribution in [2.75, 3.05) is 11.1 Å². The number of nitrogen functional groups attached to an aromatic ring is 1. The molecule has 3 rings (SSSR count). The van der Waals surface area contributed by atoms with Gasteiger partial charge >= 0.3 is 0 Å². The molecule has 4 N–H and O–H groups in total. The molecule has 20 heavy (non-hydrogen) atoms. The standard InChI is InChI=1S/C13H15N5OS/c14-11-10(20-13(18-11)17-8-4-5-8)12(19)16-7-9-3-1-2-6-15-9/h1-3,6,8H,4-5,7,14H2,(H,16,19)(H,17,18). The van der Waals surface area contributed by atoms with E-state index in [1.807, 2.05) is 18.2 Å². The second-order valence-corrected chi connectivity index (χ2v) is 5.65. The van der Waals surface area contributed by atoms with Gasteiger partial charge in [0, 0.05) is 12.2 Å². The zero-order valence-corrected chi connectivity index (χ0v) is 11.6. The zero-order valence-electron chi connectivity index (χ0n) is 10.8. The molecule has 1 saturated carbocycles. The lowest BCUT2D eigenvalue weighted by molar-refractivity contribution is 0.0955. The SMILES string of the molecule is Nc1nc(NC2CC2)sc1C(=O)NCc1ccccn1. The summed E-state index contributed by atoms with van der Waals surface area (Å²) in [7, 11) is 0. The molecule has 104 valence electrons. The van der Waals surface area contributed by atoms with Gasteiger partial charge in [-0.15, -0.1) is 0 Å². The highest BCUT2D eigenvalue weighted by molar-refractivity contribution is 7.18. The van der Waals surface area contributed by atoms with Crippen molar-refractivity contribution in [3.63, 3.8) is 0 Å². The van der Waals surface area contributed by atoms with E-state index in [0.29, 0.717) is 22.6 Å². The molecule has 1 aliphatic rings. The van der Waals surface area contributed by atoms with Crippen LogP contribution in [-0.4, -0.2) is 21.9 Å². The Morgan fingerprint density at radius 3 is 3.00 bits per heavy atom. The summed E-state index contributed by atoms with van der Waals surface area (Å²) in [4.78, 5) is 20.9. The van der Waals surface area contributed by atoms with Gasteiger partial charge in [-0.05, 0) is 25.0 Å². The van der Waals surface area contributed by atoms with Crippen molar-refractivity contribution in [2.24, 2.45) is 0 Å². The lowest BCUT2D eigenvalue weighted by Crippen LogP contribution is -2.23. The second kappa shape index (κ2) is 5.46. The molecule has 0 spiro atoms. The molecule has 2 aromatic heterocycles. The van der Waals surface area contributed by atoms with Crippen LogP contribution in [0.5, 0.6) is 0 Å². The van der Waals surface area contributed by atoms with Gasteiger partial charge in [0.15, 0.2) is 5.13 Å². The van der Waals surface area contributed by atoms with Gasteiger partial charge in [-0.3, -0.25) is 9.78 Å². The van der Waals surface area contributed by atoms with Crippen molar-refractivity contribution in [3.8, 4) is 0 Å². The minimum absolute atomic E-state index is 0.213. The Morgan fingerprint density at radius 2 is 2.30 bits per heavy atom. The quantitative estimate of drug-likeness (QED) is 0.778. The van der Waals surface area contributed by atoms with E-state index in [0.717, 1.165) is 18.5 Å². The van der Waals surface area contributed by atoms with Crippen LogP contribution in [0.25, 0.3) is 0 Å². The average molecular weight is 289 g/mol. The fraction of sp³-hybridized carbons (Fsp3) is 0.308. The molecule has 0 saturated heterocycles. The van der Waals surface area contributed by atoms with Gasteiger partial charge in [-0.1, -0.05) is 17.4 Å². The average Bonchev–Trinajstić information content (AvgIpc) is 3.19. The third kappa shape index (κ3) is 3.05. The third-order valence-corrected chi connectivity index (χ3v) is 3.92. The molecule has 1 amide bonds. The fourth-order valence-corrected chi connectivity index (χ4v) is 2.59. The molecule has 1 aliphatic carbocycles. The van der Waals surface area contributed by atoms with Crippen molar-refractivity contribution < 1.29 is 4.79 Å². The minimum Gasteiger partial charge on any atom is -0.382 e. The topological polar surface area (TPSA) is 92.9 Å². The van der Waals surface area contributed by atoms with Crippen LogP contribution in [0.15, 0.2) is 24.4 Å². The Labute approximate surface area is 120 Å². The first-order chi connectivity index (χ1) is 9.72. The van der Waals surface area contributed by atoms with Gasteiger partial charge < -0.3 is 16.4 Å². The van der Waals surface area contributed by atoms with E-state index in [-0.39, 0.29) is 11.7 Å². The van der Waals surface area contributed by atoms with Crippen molar-refractivity contribution in [2.45, 2.75) is 25.4 Å². The van der Waals surface area contributed by atoms with Crippen LogP contribution in [0, 0.1) is 0 Å². The molecule has 0 radical (unpaired) electrons. The number of nitrogens with zero attached hydrogens (tertiary/aromatic N) is 2. The number of hydrogen-bond acceptors (Lipinski definition) is 6. The van der Waals surface area contributed by atoms with Crippen LogP contribution in [0.3, 0.4) is 0 Å². The highest BCUT2D eigenvalue weighted by atomic mass is 32.1. The maximum Gasteiger partial charge on any atom is 0.265 e. The Kier molecular flexibility index (Phi) is 3.51. The number of carbonyl (C=O) groups is 1. The van der Waals surface area contributed by atoms with Crippen molar-refractivity contribution in [1.82, 2.24) is 15.3 Å². The molecule has 0 aromatic carbocycles. The molecule has 0 bridgehead atoms. The smallest absolute Gasteiger partial charge is 0.265 e. The maximum atomic E-state index is 12.1. The van der Waals surface area contributed by atoms with Gasteiger partial charge in [0.2, 0.25) is 0 Å². The number of nitrogens with two attached hydrogens (primary N) is 1. The number of aromatic nitrogens is 2. The summed E-state index contributed by atoms with van der Waals surface area (Å²) >= 11 is 1.29. The Balaban J connectivity index is 1.62. The predicted octanol–water partition coefficient (Wildman–Crippen LogP) is 1.62. The molecular weight excluding hydrogens is 274 g/mol. The van der Waals surface area contributed by atoms with Crippen LogP contribution < -0.4 is 16.4 Å². The lowest BCUT2D eigenvalue weighted by atomic mass is 10.3. The first-order valence-electron chi connectivity index (χ1n) is 6.43. The van der Waals surface area contributed by atoms with Gasteiger partial charge in [0.25, 0.3) is 5.91 Å². The molecule has 7 heteroatoms. The zero-order chi connectivity index (χ0) is 13.9. The van der Waals surface area contributed by atoms with Crippen molar-refractivity contribution >= 4 is 28.2 Å². The van der Waals surface area contributed by atoms with E-state index in [9.17, 15) is 4.79 Å². The summed E-state index contributed by atoms with van der Waals surface area (Å²) < 4.78 is 0. The van der Waals surface area contributed by atoms with Gasteiger partial charge in [-0.25, -0.2) is 4.98 Å². The molecule has 0 atom stereocenters. The molecule has 2 heterocycles. The number of thiazole rings is 1. The summed E-state index contributed by atoms with van der Waals surface area (Å²) in [5.74, 6) is 0.0613. The van der Waals surface area contributed by atoms with E-state index in [2.05, 4.69) is 20.6 Å². The van der Waals surface area contributed by atoms with Gasteiger partial charge in [0.05, 0.1) is 12.2 Å². The maximum absolute atomic E-state index is 12.1. The molecular formula is C13H15N5OS. The molecule has 0 aliphatic heterocycles. The number of anilines is 2. The number of amides is 1. The molecule has 2 aromatic rings. The number of hydrogen-bond donors (Lipinski definition) is 3. The summed E-state index contributed by atoms with van der Waals surface area (Å²) in [6, 6.07) is 6.07. The number of rotatable bonds is 5. The Morgan fingerprint density at radius 1 is 1.45 bits per heavy atom. The van der Waals surface area contributed by atoms with Crippen LogP contribution in [0.2, 0.25) is 0 Å². The van der Waals surface area contributed by atoms with E-state index in [1.165, 1.54) is 11.3 Å². The van der Waals surface area contributed by atoms with Gasteiger partial charge in [-0.2, -0.15) is 0 Å². The van der Waals surface area contributed by atoms with Gasteiger partial charge in [0.1, 0.15) is 10.7 Å². The fourth-order valence-electron chi connectivity index (χ4n) is 1.71. The van der Waals surface area contributed by atoms with E-state index >= 15 is 0 Å². The first-order valence-corrected chi connectivity index (χ1v) is 7.25. The number of carbonyl (C=O) groups excluding carboxylic acids is 1. The highest BCUT2D eigenvalue weighted by Gasteiger charge is 2.24. The lowest BCUT2D eigenvalue weighted by Gasteiger charge is -2.02. The van der Waals surface area contributed by atoms with E-state index in [4.69, 9.17) is 5.73 Å². The molecule has 1 fully saturated rings. The Hall–Kier alpha value is -2.15. The summed E-state index contributed by atoms with van der Waals surface area (Å²) in [5.41, 5.74) is 6.60. The highest BCUT2D eigenvalue weighted by Crippen LogP contribution is 2.30. The monoisotopic (exact) mass is 289 g/mol. The second-order valence-electron chi connectivity index (χ2n) is 4.66. The van der Waals surface area contributed by atoms with Crippen LogP contribution in [0.1, 0.15) is 28.2 Å². The number of pyridine rings is 1. The molecule has 6 nitrogen and oxygen atoms in total. The first kappa shape index (κ1) is 12.9. The van der Waals surface area contributed by atoms with E-state index < -0.39 is 0 Å². The Bertz CT molecular complexity index is 608. The van der Waals surface area contributed by atoms with Crippen LogP contribution in [0.4, 0.5) is 10.9 Å². The van der Waals surface area contributed by atoms with Crippen molar-refractivity contribution in [3.05, 3.63) is 35.0 Å². The van der Waals surface area contributed by atoms with Crippen molar-refractivity contribution in [1.29, 1.82) is 0 Å². The van der Waals surface area contributed by atoms with Crippen LogP contribution in [-0.2, 0) is 6.54 Å². The predicted molar refractivity (Wildman–Crippen MR) is 78.6 cm³/mol. The molecule has 0 unspecified atom stereocenters. The van der Waals surface area contributed by atoms with Crippen LogP contribution >= 0.6 is 11.3 Å². The number of nitrogens with one attached hydrogen (secondary N) is 2. The summed E-state index contributed by atoms with van der Waals surface area (Å²) in [6.45, 7) is 0.377. The largest absolute Gasteiger partial charge is 0.382 e.